The van der Waals surface area contributed by atoms with Crippen molar-refractivity contribution in [2.45, 2.75) is 32.6 Å². The maximum Gasteiger partial charge on any atom is 0.311 e. The van der Waals surface area contributed by atoms with Gasteiger partial charge in [0, 0.05) is 18.4 Å². The fourth-order valence-corrected chi connectivity index (χ4v) is 2.59. The smallest absolute Gasteiger partial charge is 0.311 e. The normalized spacial score (nSPS) is 17.1. The van der Waals surface area contributed by atoms with Gasteiger partial charge in [-0.25, -0.2) is 0 Å². The van der Waals surface area contributed by atoms with Crippen LogP contribution in [0.3, 0.4) is 0 Å². The average molecular weight is 262 g/mol. The minimum Gasteiger partial charge on any atom is -0.481 e. The molecule has 5 nitrogen and oxygen atoms in total. The van der Waals surface area contributed by atoms with Gasteiger partial charge in [-0.3, -0.25) is 14.6 Å². The van der Waals surface area contributed by atoms with E-state index in [1.54, 1.807) is 25.3 Å². The summed E-state index contributed by atoms with van der Waals surface area (Å²) in [4.78, 5) is 27.5. The van der Waals surface area contributed by atoms with Gasteiger partial charge in [-0.2, -0.15) is 0 Å². The number of aliphatic carboxylic acids is 1. The number of amides is 1. The zero-order valence-corrected chi connectivity index (χ0v) is 11.0. The topological polar surface area (TPSA) is 79.3 Å². The van der Waals surface area contributed by atoms with E-state index in [4.69, 9.17) is 0 Å². The molecule has 1 aromatic heterocycles. The summed E-state index contributed by atoms with van der Waals surface area (Å²) in [5, 5.41) is 12.1. The Morgan fingerprint density at radius 1 is 1.42 bits per heavy atom. The molecule has 1 amide bonds. The van der Waals surface area contributed by atoms with E-state index in [9.17, 15) is 14.7 Å². The third-order valence-electron chi connectivity index (χ3n) is 3.85. The first-order chi connectivity index (χ1) is 9.05. The fourth-order valence-electron chi connectivity index (χ4n) is 2.59. The zero-order chi connectivity index (χ0) is 13.9. The van der Waals surface area contributed by atoms with E-state index in [-0.39, 0.29) is 12.5 Å². The Morgan fingerprint density at radius 3 is 2.68 bits per heavy atom. The quantitative estimate of drug-likeness (QED) is 0.866. The van der Waals surface area contributed by atoms with Crippen LogP contribution in [0, 0.1) is 12.3 Å². The van der Waals surface area contributed by atoms with Crippen LogP contribution in [0.1, 0.15) is 41.7 Å². The highest BCUT2D eigenvalue weighted by Gasteiger charge is 2.41. The van der Waals surface area contributed by atoms with Crippen LogP contribution in [0.25, 0.3) is 0 Å². The Balaban J connectivity index is 2.04. The number of hydrogen-bond donors (Lipinski definition) is 2. The fraction of sp³-hybridized carbons (Fsp3) is 0.500. The van der Waals surface area contributed by atoms with Crippen LogP contribution in [-0.4, -0.2) is 28.5 Å². The van der Waals surface area contributed by atoms with Crippen molar-refractivity contribution in [3.05, 3.63) is 29.6 Å². The Bertz CT molecular complexity index is 493. The largest absolute Gasteiger partial charge is 0.481 e. The van der Waals surface area contributed by atoms with Gasteiger partial charge >= 0.3 is 5.97 Å². The maximum absolute atomic E-state index is 12.0. The number of carboxylic acids is 1. The molecule has 1 aliphatic carbocycles. The number of nitrogens with zero attached hydrogens (tertiary/aromatic N) is 1. The lowest BCUT2D eigenvalue weighted by atomic mass is 9.86. The van der Waals surface area contributed by atoms with Crippen molar-refractivity contribution in [3.8, 4) is 0 Å². The van der Waals surface area contributed by atoms with Crippen LogP contribution in [0.2, 0.25) is 0 Å². The molecule has 0 aliphatic heterocycles. The molecule has 0 bridgehead atoms. The molecule has 0 atom stereocenters. The van der Waals surface area contributed by atoms with Crippen LogP contribution in [0.5, 0.6) is 0 Å². The molecule has 102 valence electrons. The van der Waals surface area contributed by atoms with Gasteiger partial charge < -0.3 is 10.4 Å². The van der Waals surface area contributed by atoms with Crippen LogP contribution in [0.4, 0.5) is 0 Å². The molecule has 2 N–H and O–H groups in total. The molecular weight excluding hydrogens is 244 g/mol. The highest BCUT2D eigenvalue weighted by Crippen LogP contribution is 2.37. The summed E-state index contributed by atoms with van der Waals surface area (Å²) in [6.45, 7) is 1.95. The maximum atomic E-state index is 12.0. The van der Waals surface area contributed by atoms with Crippen molar-refractivity contribution in [2.24, 2.45) is 5.41 Å². The molecule has 0 saturated heterocycles. The lowest BCUT2D eigenvalue weighted by Crippen LogP contribution is -2.41. The van der Waals surface area contributed by atoms with E-state index >= 15 is 0 Å². The number of nitrogens with one attached hydrogen (secondary N) is 1. The van der Waals surface area contributed by atoms with E-state index < -0.39 is 11.4 Å². The summed E-state index contributed by atoms with van der Waals surface area (Å²) in [6, 6.07) is 3.39. The summed E-state index contributed by atoms with van der Waals surface area (Å²) in [5.74, 6) is -1.06. The number of aryl methyl sites for hydroxylation is 1. The van der Waals surface area contributed by atoms with Crippen molar-refractivity contribution in [1.29, 1.82) is 0 Å². The van der Waals surface area contributed by atoms with Gasteiger partial charge in [0.15, 0.2) is 0 Å². The summed E-state index contributed by atoms with van der Waals surface area (Å²) >= 11 is 0. The SMILES string of the molecule is Cc1ncccc1C(=O)NCC1(C(=O)O)CCCC1. The van der Waals surface area contributed by atoms with E-state index in [1.165, 1.54) is 0 Å². The first-order valence-corrected chi connectivity index (χ1v) is 6.48. The molecule has 1 aliphatic rings. The third kappa shape index (κ3) is 2.75. The Hall–Kier alpha value is -1.91. The van der Waals surface area contributed by atoms with E-state index in [0.717, 1.165) is 12.8 Å². The first kappa shape index (κ1) is 13.5. The number of carbonyl (C=O) groups is 2. The van der Waals surface area contributed by atoms with Gasteiger partial charge in [0.05, 0.1) is 11.0 Å². The van der Waals surface area contributed by atoms with Gasteiger partial charge in [0.1, 0.15) is 0 Å². The van der Waals surface area contributed by atoms with Crippen molar-refractivity contribution in [1.82, 2.24) is 10.3 Å². The molecule has 5 heteroatoms. The number of hydrogen-bond acceptors (Lipinski definition) is 3. The van der Waals surface area contributed by atoms with E-state index in [2.05, 4.69) is 10.3 Å². The average Bonchev–Trinajstić information content (AvgIpc) is 2.86. The van der Waals surface area contributed by atoms with Gasteiger partial charge in [-0.1, -0.05) is 12.8 Å². The standard InChI is InChI=1S/C14H18N2O3/c1-10-11(5-4-8-15-10)12(17)16-9-14(13(18)19)6-2-3-7-14/h4-5,8H,2-3,6-7,9H2,1H3,(H,16,17)(H,18,19). The number of carboxylic acid groups (broad SMARTS) is 1. The monoisotopic (exact) mass is 262 g/mol. The minimum atomic E-state index is -0.812. The van der Waals surface area contributed by atoms with Gasteiger partial charge in [-0.05, 0) is 31.9 Å². The molecule has 1 fully saturated rings. The molecule has 2 rings (SSSR count). The van der Waals surface area contributed by atoms with Crippen molar-refractivity contribution < 1.29 is 14.7 Å². The number of aromatic nitrogens is 1. The van der Waals surface area contributed by atoms with Crippen LogP contribution < -0.4 is 5.32 Å². The first-order valence-electron chi connectivity index (χ1n) is 6.48. The Labute approximate surface area is 112 Å². The lowest BCUT2D eigenvalue weighted by molar-refractivity contribution is -0.148. The second-order valence-electron chi connectivity index (χ2n) is 5.11. The zero-order valence-electron chi connectivity index (χ0n) is 11.0. The van der Waals surface area contributed by atoms with Crippen LogP contribution in [0.15, 0.2) is 18.3 Å². The van der Waals surface area contributed by atoms with Crippen LogP contribution in [-0.2, 0) is 4.79 Å². The molecule has 19 heavy (non-hydrogen) atoms. The highest BCUT2D eigenvalue weighted by atomic mass is 16.4. The summed E-state index contributed by atoms with van der Waals surface area (Å²) in [5.41, 5.74) is 0.364. The predicted molar refractivity (Wildman–Crippen MR) is 69.8 cm³/mol. The second-order valence-corrected chi connectivity index (χ2v) is 5.11. The molecule has 0 aromatic carbocycles. The molecular formula is C14H18N2O3. The summed E-state index contributed by atoms with van der Waals surface area (Å²) < 4.78 is 0. The minimum absolute atomic E-state index is 0.190. The third-order valence-corrected chi connectivity index (χ3v) is 3.85. The van der Waals surface area contributed by atoms with Crippen molar-refractivity contribution >= 4 is 11.9 Å². The number of carbonyl (C=O) groups excluding carboxylic acids is 1. The molecule has 0 radical (unpaired) electrons. The Kier molecular flexibility index (Phi) is 3.83. The Morgan fingerprint density at radius 2 is 2.11 bits per heavy atom. The number of rotatable bonds is 4. The second kappa shape index (κ2) is 5.38. The lowest BCUT2D eigenvalue weighted by Gasteiger charge is -2.24. The van der Waals surface area contributed by atoms with Crippen LogP contribution >= 0.6 is 0 Å². The molecule has 0 spiro atoms. The molecule has 1 saturated carbocycles. The van der Waals surface area contributed by atoms with E-state index in [0.29, 0.717) is 24.1 Å². The van der Waals surface area contributed by atoms with Crippen molar-refractivity contribution in [2.75, 3.05) is 6.54 Å². The van der Waals surface area contributed by atoms with E-state index in [1.807, 2.05) is 0 Å². The van der Waals surface area contributed by atoms with Gasteiger partial charge in [0.2, 0.25) is 0 Å². The van der Waals surface area contributed by atoms with Gasteiger partial charge in [-0.15, -0.1) is 0 Å². The summed E-state index contributed by atoms with van der Waals surface area (Å²) in [7, 11) is 0. The number of pyridine rings is 1. The summed E-state index contributed by atoms with van der Waals surface area (Å²) in [6.07, 6.45) is 4.72. The molecule has 1 heterocycles. The van der Waals surface area contributed by atoms with Crippen molar-refractivity contribution in [3.63, 3.8) is 0 Å². The predicted octanol–water partition coefficient (Wildman–Crippen LogP) is 1.76. The highest BCUT2D eigenvalue weighted by molar-refractivity contribution is 5.95. The molecule has 1 aromatic rings. The van der Waals surface area contributed by atoms with Gasteiger partial charge in [0.25, 0.3) is 5.91 Å². The molecule has 0 unspecified atom stereocenters.